The van der Waals surface area contributed by atoms with Crippen LogP contribution in [0.2, 0.25) is 0 Å². The zero-order chi connectivity index (χ0) is 13.8. The molecule has 0 aromatic carbocycles. The molecule has 0 saturated heterocycles. The van der Waals surface area contributed by atoms with Crippen molar-refractivity contribution in [2.24, 2.45) is 5.92 Å². The number of amides is 2. The first-order valence-corrected chi connectivity index (χ1v) is 7.29. The van der Waals surface area contributed by atoms with Gasteiger partial charge in [-0.15, -0.1) is 0 Å². The molecule has 1 fully saturated rings. The molecule has 3 N–H and O–H groups in total. The van der Waals surface area contributed by atoms with Gasteiger partial charge in [0.05, 0.1) is 5.92 Å². The van der Waals surface area contributed by atoms with Gasteiger partial charge >= 0.3 is 12.0 Å². The molecule has 1 aromatic rings. The number of carbonyl (C=O) groups is 2. The number of rotatable bonds is 4. The lowest BCUT2D eigenvalue weighted by Crippen LogP contribution is -2.40. The quantitative estimate of drug-likeness (QED) is 0.791. The lowest BCUT2D eigenvalue weighted by Gasteiger charge is -2.13. The molecule has 2 amide bonds. The maximum Gasteiger partial charge on any atom is 0.315 e. The first kappa shape index (κ1) is 13.9. The number of carboxylic acid groups (broad SMARTS) is 1. The molecule has 1 aliphatic carbocycles. The van der Waals surface area contributed by atoms with Crippen molar-refractivity contribution in [2.75, 3.05) is 0 Å². The Bertz CT molecular complexity index is 472. The summed E-state index contributed by atoms with van der Waals surface area (Å²) in [5, 5.41) is 18.6. The fraction of sp³-hybridized carbons (Fsp3) is 0.538. The van der Waals surface area contributed by atoms with Crippen LogP contribution in [0, 0.1) is 12.8 Å². The van der Waals surface area contributed by atoms with Crippen molar-refractivity contribution < 1.29 is 14.7 Å². The van der Waals surface area contributed by atoms with Crippen LogP contribution in [0.15, 0.2) is 10.8 Å². The Kier molecular flexibility index (Phi) is 4.42. The first-order chi connectivity index (χ1) is 9.06. The molecule has 5 nitrogen and oxygen atoms in total. The smallest absolute Gasteiger partial charge is 0.315 e. The summed E-state index contributed by atoms with van der Waals surface area (Å²) in [5.74, 6) is -1.08. The minimum atomic E-state index is -0.765. The zero-order valence-electron chi connectivity index (χ0n) is 10.8. The second kappa shape index (κ2) is 6.06. The Balaban J connectivity index is 1.73. The Hall–Kier alpha value is -1.56. The summed E-state index contributed by atoms with van der Waals surface area (Å²) in [6.45, 7) is 2.52. The van der Waals surface area contributed by atoms with Gasteiger partial charge in [-0.25, -0.2) is 4.79 Å². The number of carbonyl (C=O) groups excluding carboxylic acids is 1. The van der Waals surface area contributed by atoms with E-state index in [1.54, 1.807) is 11.3 Å². The number of aliphatic carboxylic acids is 1. The van der Waals surface area contributed by atoms with Crippen molar-refractivity contribution in [3.8, 4) is 0 Å². The van der Waals surface area contributed by atoms with E-state index in [9.17, 15) is 9.59 Å². The van der Waals surface area contributed by atoms with Gasteiger partial charge in [0.25, 0.3) is 0 Å². The monoisotopic (exact) mass is 282 g/mol. The number of urea groups is 1. The highest BCUT2D eigenvalue weighted by atomic mass is 32.1. The molecular weight excluding hydrogens is 264 g/mol. The van der Waals surface area contributed by atoms with Gasteiger partial charge < -0.3 is 15.7 Å². The molecule has 1 aromatic heterocycles. The van der Waals surface area contributed by atoms with Gasteiger partial charge in [-0.1, -0.05) is 0 Å². The van der Waals surface area contributed by atoms with Crippen molar-refractivity contribution in [1.82, 2.24) is 10.6 Å². The fourth-order valence-electron chi connectivity index (χ4n) is 2.32. The molecule has 6 heteroatoms. The molecule has 2 rings (SSSR count). The third-order valence-electron chi connectivity index (χ3n) is 3.52. The lowest BCUT2D eigenvalue weighted by molar-refractivity contribution is -0.141. The number of aryl methyl sites for hydroxylation is 1. The minimum absolute atomic E-state index is 0.0235. The number of thiophene rings is 1. The Morgan fingerprint density at radius 2 is 2.21 bits per heavy atom. The van der Waals surface area contributed by atoms with E-state index in [-0.39, 0.29) is 18.0 Å². The third kappa shape index (κ3) is 3.70. The Labute approximate surface area is 116 Å². The maximum atomic E-state index is 11.7. The minimum Gasteiger partial charge on any atom is -0.481 e. The van der Waals surface area contributed by atoms with E-state index < -0.39 is 5.97 Å². The molecule has 0 unspecified atom stereocenters. The number of hydrogen-bond donors (Lipinski definition) is 3. The van der Waals surface area contributed by atoms with E-state index in [2.05, 4.69) is 10.6 Å². The highest BCUT2D eigenvalue weighted by Crippen LogP contribution is 2.25. The second-order valence-corrected chi connectivity index (χ2v) is 5.70. The molecule has 0 aliphatic heterocycles. The molecule has 0 radical (unpaired) electrons. The maximum absolute atomic E-state index is 11.7. The summed E-state index contributed by atoms with van der Waals surface area (Å²) in [6.07, 6.45) is 1.91. The summed E-state index contributed by atoms with van der Waals surface area (Å²) in [5.41, 5.74) is 2.30. The molecule has 0 spiro atoms. The summed E-state index contributed by atoms with van der Waals surface area (Å²) < 4.78 is 0. The third-order valence-corrected chi connectivity index (χ3v) is 4.43. The van der Waals surface area contributed by atoms with E-state index in [0.29, 0.717) is 19.4 Å². The van der Waals surface area contributed by atoms with Crippen molar-refractivity contribution in [1.29, 1.82) is 0 Å². The topological polar surface area (TPSA) is 78.4 Å². The number of carboxylic acids is 1. The van der Waals surface area contributed by atoms with Crippen LogP contribution in [0.4, 0.5) is 4.79 Å². The molecule has 1 heterocycles. The van der Waals surface area contributed by atoms with Gasteiger partial charge in [-0.05, 0) is 48.1 Å². The summed E-state index contributed by atoms with van der Waals surface area (Å²) in [7, 11) is 0. The molecule has 104 valence electrons. The summed E-state index contributed by atoms with van der Waals surface area (Å²) in [6, 6.07) is -0.244. The lowest BCUT2D eigenvalue weighted by atomic mass is 10.1. The molecule has 19 heavy (non-hydrogen) atoms. The molecular formula is C13H18N2O3S. The van der Waals surface area contributed by atoms with Crippen molar-refractivity contribution >= 4 is 23.3 Å². The van der Waals surface area contributed by atoms with Gasteiger partial charge in [-0.3, -0.25) is 4.79 Å². The van der Waals surface area contributed by atoms with E-state index in [1.165, 1.54) is 5.56 Å². The van der Waals surface area contributed by atoms with Crippen LogP contribution in [-0.4, -0.2) is 23.1 Å². The van der Waals surface area contributed by atoms with Crippen molar-refractivity contribution in [2.45, 2.75) is 38.8 Å². The highest BCUT2D eigenvalue weighted by molar-refractivity contribution is 7.08. The van der Waals surface area contributed by atoms with E-state index in [0.717, 1.165) is 12.0 Å². The Morgan fingerprint density at radius 3 is 2.79 bits per heavy atom. The van der Waals surface area contributed by atoms with Gasteiger partial charge in [0, 0.05) is 12.6 Å². The molecule has 1 aliphatic rings. The number of hydrogen-bond acceptors (Lipinski definition) is 3. The van der Waals surface area contributed by atoms with Gasteiger partial charge in [0.15, 0.2) is 0 Å². The molecule has 0 bridgehead atoms. The van der Waals surface area contributed by atoms with E-state index in [4.69, 9.17) is 5.11 Å². The predicted molar refractivity (Wildman–Crippen MR) is 73.2 cm³/mol. The van der Waals surface area contributed by atoms with Crippen LogP contribution in [-0.2, 0) is 11.3 Å². The van der Waals surface area contributed by atoms with E-state index in [1.807, 2.05) is 17.7 Å². The summed E-state index contributed by atoms with van der Waals surface area (Å²) in [4.78, 5) is 22.5. The SMILES string of the molecule is Cc1cscc1CNC(=O)N[C@H]1CC[C@@H](C(=O)O)C1. The van der Waals surface area contributed by atoms with Crippen LogP contribution in [0.25, 0.3) is 0 Å². The van der Waals surface area contributed by atoms with Crippen LogP contribution >= 0.6 is 11.3 Å². The van der Waals surface area contributed by atoms with Crippen molar-refractivity contribution in [3.05, 3.63) is 21.9 Å². The average molecular weight is 282 g/mol. The normalized spacial score (nSPS) is 22.2. The average Bonchev–Trinajstić information content (AvgIpc) is 2.96. The first-order valence-electron chi connectivity index (χ1n) is 6.35. The number of nitrogens with one attached hydrogen (secondary N) is 2. The molecule has 1 saturated carbocycles. The largest absolute Gasteiger partial charge is 0.481 e. The molecule has 2 atom stereocenters. The van der Waals surface area contributed by atoms with Crippen LogP contribution < -0.4 is 10.6 Å². The highest BCUT2D eigenvalue weighted by Gasteiger charge is 2.30. The standard InChI is InChI=1S/C13H18N2O3S/c1-8-6-19-7-10(8)5-14-13(18)15-11-3-2-9(4-11)12(16)17/h6-7,9,11H,2-5H2,1H3,(H,16,17)(H2,14,15,18)/t9-,11+/m1/s1. The Morgan fingerprint density at radius 1 is 1.42 bits per heavy atom. The predicted octanol–water partition coefficient (Wildman–Crippen LogP) is 2.11. The van der Waals surface area contributed by atoms with Crippen LogP contribution in [0.3, 0.4) is 0 Å². The van der Waals surface area contributed by atoms with Crippen LogP contribution in [0.5, 0.6) is 0 Å². The van der Waals surface area contributed by atoms with E-state index >= 15 is 0 Å². The van der Waals surface area contributed by atoms with Crippen LogP contribution in [0.1, 0.15) is 30.4 Å². The van der Waals surface area contributed by atoms with Gasteiger partial charge in [0.1, 0.15) is 0 Å². The van der Waals surface area contributed by atoms with Gasteiger partial charge in [-0.2, -0.15) is 11.3 Å². The second-order valence-electron chi connectivity index (χ2n) is 4.95. The fourth-order valence-corrected chi connectivity index (χ4v) is 3.17. The van der Waals surface area contributed by atoms with Crippen molar-refractivity contribution in [3.63, 3.8) is 0 Å². The zero-order valence-corrected chi connectivity index (χ0v) is 11.6. The van der Waals surface area contributed by atoms with Gasteiger partial charge in [0.2, 0.25) is 0 Å². The summed E-state index contributed by atoms with van der Waals surface area (Å²) >= 11 is 1.62.